The number of nitrogen functional groups attached to an aromatic ring is 1. The number of hydrogen-bond acceptors (Lipinski definition) is 4. The number of nitrogens with one attached hydrogen (secondary N) is 2. The molecule has 0 heterocycles. The molecule has 20 heavy (non-hydrogen) atoms. The summed E-state index contributed by atoms with van der Waals surface area (Å²) >= 11 is 3.19. The predicted octanol–water partition coefficient (Wildman–Crippen LogP) is 1.22. The number of nitrogens with two attached hydrogens (primary N) is 1. The normalized spacial score (nSPS) is 12.9. The van der Waals surface area contributed by atoms with Crippen molar-refractivity contribution in [1.82, 2.24) is 10.0 Å². The van der Waals surface area contributed by atoms with Gasteiger partial charge in [0.2, 0.25) is 15.9 Å². The largest absolute Gasteiger partial charge is 0.398 e. The van der Waals surface area contributed by atoms with E-state index in [0.29, 0.717) is 11.0 Å². The van der Waals surface area contributed by atoms with Crippen LogP contribution < -0.4 is 15.8 Å². The zero-order chi connectivity index (χ0) is 15.3. The van der Waals surface area contributed by atoms with Crippen molar-refractivity contribution in [3.05, 3.63) is 22.7 Å². The molecule has 1 atom stereocenters. The van der Waals surface area contributed by atoms with E-state index in [2.05, 4.69) is 26.0 Å². The summed E-state index contributed by atoms with van der Waals surface area (Å²) in [5.41, 5.74) is 5.79. The standard InChI is InChI=1S/C12H18BrN3O3S/c1-3-6-15-12(17)8(2)16-20(18,19)11-7-9(13)4-5-10(11)14/h4-5,7-8,16H,3,6,14H2,1-2H3,(H,15,17). The molecule has 4 N–H and O–H groups in total. The third-order valence-electron chi connectivity index (χ3n) is 2.54. The van der Waals surface area contributed by atoms with Gasteiger partial charge in [-0.05, 0) is 31.5 Å². The van der Waals surface area contributed by atoms with Crippen LogP contribution in [0.5, 0.6) is 0 Å². The molecular weight excluding hydrogens is 346 g/mol. The van der Waals surface area contributed by atoms with Gasteiger partial charge in [-0.2, -0.15) is 4.72 Å². The minimum Gasteiger partial charge on any atom is -0.398 e. The van der Waals surface area contributed by atoms with Crippen LogP contribution in [0.25, 0.3) is 0 Å². The molecule has 1 unspecified atom stereocenters. The Kier molecular flexibility index (Phi) is 5.97. The predicted molar refractivity (Wildman–Crippen MR) is 81.6 cm³/mol. The Labute approximate surface area is 127 Å². The van der Waals surface area contributed by atoms with Crippen LogP contribution in [0, 0.1) is 0 Å². The first-order valence-electron chi connectivity index (χ1n) is 6.13. The molecule has 0 saturated carbocycles. The molecule has 0 saturated heterocycles. The van der Waals surface area contributed by atoms with Crippen LogP contribution in [-0.2, 0) is 14.8 Å². The number of halogens is 1. The number of sulfonamides is 1. The van der Waals surface area contributed by atoms with Crippen LogP contribution in [0.4, 0.5) is 5.69 Å². The number of rotatable bonds is 6. The fourth-order valence-electron chi connectivity index (χ4n) is 1.49. The smallest absolute Gasteiger partial charge is 0.243 e. The number of benzene rings is 1. The van der Waals surface area contributed by atoms with Gasteiger partial charge in [0.05, 0.1) is 11.7 Å². The van der Waals surface area contributed by atoms with E-state index in [0.717, 1.165) is 6.42 Å². The van der Waals surface area contributed by atoms with E-state index in [4.69, 9.17) is 5.73 Å². The maximum Gasteiger partial charge on any atom is 0.243 e. The Morgan fingerprint density at radius 2 is 2.10 bits per heavy atom. The fraction of sp³-hybridized carbons (Fsp3) is 0.417. The molecule has 0 radical (unpaired) electrons. The van der Waals surface area contributed by atoms with Crippen molar-refractivity contribution in [2.75, 3.05) is 12.3 Å². The van der Waals surface area contributed by atoms with Crippen molar-refractivity contribution in [3.63, 3.8) is 0 Å². The van der Waals surface area contributed by atoms with Crippen LogP contribution >= 0.6 is 15.9 Å². The van der Waals surface area contributed by atoms with E-state index in [1.807, 2.05) is 6.92 Å². The lowest BCUT2D eigenvalue weighted by molar-refractivity contribution is -0.122. The van der Waals surface area contributed by atoms with E-state index in [1.165, 1.54) is 19.1 Å². The quantitative estimate of drug-likeness (QED) is 0.661. The highest BCUT2D eigenvalue weighted by Gasteiger charge is 2.23. The molecule has 0 fully saturated rings. The van der Waals surface area contributed by atoms with Crippen molar-refractivity contribution in [3.8, 4) is 0 Å². The highest BCUT2D eigenvalue weighted by Crippen LogP contribution is 2.22. The van der Waals surface area contributed by atoms with Crippen LogP contribution in [0.1, 0.15) is 20.3 Å². The fourth-order valence-corrected chi connectivity index (χ4v) is 3.36. The SMILES string of the molecule is CCCNC(=O)C(C)NS(=O)(=O)c1cc(Br)ccc1N. The molecule has 1 aromatic rings. The Hall–Kier alpha value is -1.12. The minimum atomic E-state index is -3.85. The number of carbonyl (C=O) groups excluding carboxylic acids is 1. The Morgan fingerprint density at radius 1 is 1.45 bits per heavy atom. The third kappa shape index (κ3) is 4.46. The Balaban J connectivity index is 2.89. The molecule has 0 spiro atoms. The van der Waals surface area contributed by atoms with Gasteiger partial charge in [-0.15, -0.1) is 0 Å². The molecule has 8 heteroatoms. The van der Waals surface area contributed by atoms with E-state index < -0.39 is 16.1 Å². The Bertz CT molecular complexity index is 590. The number of anilines is 1. The highest BCUT2D eigenvalue weighted by atomic mass is 79.9. The number of hydrogen-bond donors (Lipinski definition) is 3. The van der Waals surface area contributed by atoms with Crippen LogP contribution in [0.3, 0.4) is 0 Å². The third-order valence-corrected chi connectivity index (χ3v) is 4.63. The molecule has 0 bridgehead atoms. The van der Waals surface area contributed by atoms with E-state index in [9.17, 15) is 13.2 Å². The van der Waals surface area contributed by atoms with Crippen molar-refractivity contribution < 1.29 is 13.2 Å². The summed E-state index contributed by atoms with van der Waals surface area (Å²) in [5.74, 6) is -0.371. The first kappa shape index (κ1) is 16.9. The van der Waals surface area contributed by atoms with Crippen LogP contribution in [0.15, 0.2) is 27.6 Å². The van der Waals surface area contributed by atoms with Crippen molar-refractivity contribution in [1.29, 1.82) is 0 Å². The summed E-state index contributed by atoms with van der Waals surface area (Å²) in [6.45, 7) is 3.90. The zero-order valence-electron chi connectivity index (χ0n) is 11.3. The molecule has 1 rings (SSSR count). The molecule has 6 nitrogen and oxygen atoms in total. The second-order valence-corrected chi connectivity index (χ2v) is 6.91. The molecule has 0 aliphatic rings. The summed E-state index contributed by atoms with van der Waals surface area (Å²) in [6.07, 6.45) is 0.782. The van der Waals surface area contributed by atoms with E-state index in [1.54, 1.807) is 6.07 Å². The van der Waals surface area contributed by atoms with Gasteiger partial charge in [0.15, 0.2) is 0 Å². The average Bonchev–Trinajstić information content (AvgIpc) is 2.38. The molecule has 112 valence electrons. The van der Waals surface area contributed by atoms with Crippen molar-refractivity contribution >= 4 is 37.5 Å². The summed E-state index contributed by atoms with van der Waals surface area (Å²) in [6, 6.07) is 3.66. The topological polar surface area (TPSA) is 101 Å². The second-order valence-electron chi connectivity index (χ2n) is 4.32. The monoisotopic (exact) mass is 363 g/mol. The molecule has 0 aromatic heterocycles. The van der Waals surface area contributed by atoms with Gasteiger partial charge >= 0.3 is 0 Å². The molecular formula is C12H18BrN3O3S. The van der Waals surface area contributed by atoms with Gasteiger partial charge in [0.1, 0.15) is 4.90 Å². The summed E-state index contributed by atoms with van der Waals surface area (Å²) in [5, 5.41) is 2.63. The van der Waals surface area contributed by atoms with Gasteiger partial charge in [-0.1, -0.05) is 22.9 Å². The average molecular weight is 364 g/mol. The zero-order valence-corrected chi connectivity index (χ0v) is 13.7. The summed E-state index contributed by atoms with van der Waals surface area (Å²) in [4.78, 5) is 11.6. The molecule has 1 amide bonds. The lowest BCUT2D eigenvalue weighted by atomic mass is 10.3. The molecule has 1 aromatic carbocycles. The lowest BCUT2D eigenvalue weighted by Gasteiger charge is -2.15. The maximum absolute atomic E-state index is 12.2. The van der Waals surface area contributed by atoms with Gasteiger partial charge in [-0.3, -0.25) is 4.79 Å². The van der Waals surface area contributed by atoms with Crippen molar-refractivity contribution in [2.45, 2.75) is 31.2 Å². The first-order chi connectivity index (χ1) is 9.27. The van der Waals surface area contributed by atoms with E-state index >= 15 is 0 Å². The highest BCUT2D eigenvalue weighted by molar-refractivity contribution is 9.10. The summed E-state index contributed by atoms with van der Waals surface area (Å²) < 4.78 is 27.3. The van der Waals surface area contributed by atoms with Crippen LogP contribution in [0.2, 0.25) is 0 Å². The van der Waals surface area contributed by atoms with Crippen LogP contribution in [-0.4, -0.2) is 26.9 Å². The molecule has 0 aliphatic carbocycles. The van der Waals surface area contributed by atoms with Gasteiger partial charge in [-0.25, -0.2) is 8.42 Å². The minimum absolute atomic E-state index is 0.0537. The second kappa shape index (κ2) is 7.05. The van der Waals surface area contributed by atoms with Gasteiger partial charge < -0.3 is 11.1 Å². The number of carbonyl (C=O) groups is 1. The van der Waals surface area contributed by atoms with E-state index in [-0.39, 0.29) is 16.5 Å². The first-order valence-corrected chi connectivity index (χ1v) is 8.40. The van der Waals surface area contributed by atoms with Gasteiger partial charge in [0, 0.05) is 11.0 Å². The molecule has 0 aliphatic heterocycles. The lowest BCUT2D eigenvalue weighted by Crippen LogP contribution is -2.45. The van der Waals surface area contributed by atoms with Crippen molar-refractivity contribution in [2.24, 2.45) is 0 Å². The maximum atomic E-state index is 12.2. The summed E-state index contributed by atoms with van der Waals surface area (Å²) in [7, 11) is -3.85. The Morgan fingerprint density at radius 3 is 2.70 bits per heavy atom. The van der Waals surface area contributed by atoms with Gasteiger partial charge in [0.25, 0.3) is 0 Å². The number of amides is 1.